The summed E-state index contributed by atoms with van der Waals surface area (Å²) in [5.74, 6) is 0. The third-order valence-electron chi connectivity index (χ3n) is 0.166. The zero-order valence-corrected chi connectivity index (χ0v) is 4.07. The van der Waals surface area contributed by atoms with Gasteiger partial charge in [0.15, 0.2) is 0 Å². The maximum atomic E-state index is 9.40. The third-order valence-corrected chi connectivity index (χ3v) is 0.497. The highest BCUT2D eigenvalue weighted by atomic mass is 31.2. The van der Waals surface area contributed by atoms with Crippen LogP contribution in [0, 0.1) is 0 Å². The van der Waals surface area contributed by atoms with E-state index >= 15 is 0 Å². The second-order valence-corrected chi connectivity index (χ2v) is 1.25. The molecular formula is CH4NO3P-2. The first-order chi connectivity index (χ1) is 2.77. The van der Waals surface area contributed by atoms with Crippen molar-refractivity contribution in [1.29, 1.82) is 0 Å². The van der Waals surface area contributed by atoms with Gasteiger partial charge in [0.25, 0.3) is 0 Å². The van der Waals surface area contributed by atoms with Gasteiger partial charge in [-0.3, -0.25) is 0 Å². The van der Waals surface area contributed by atoms with Crippen LogP contribution in [-0.4, -0.2) is 7.11 Å². The van der Waals surface area contributed by atoms with Gasteiger partial charge in [-0.1, -0.05) is 0 Å². The van der Waals surface area contributed by atoms with Gasteiger partial charge < -0.3 is 14.6 Å². The van der Waals surface area contributed by atoms with E-state index in [2.05, 4.69) is 4.84 Å². The van der Waals surface area contributed by atoms with Gasteiger partial charge in [-0.05, 0) is 0 Å². The number of nitrogens with one attached hydrogen (secondary N) is 1. The minimum atomic E-state index is -2.57. The van der Waals surface area contributed by atoms with E-state index in [1.54, 1.807) is 5.25 Å². The van der Waals surface area contributed by atoms with Crippen LogP contribution in [0.15, 0.2) is 0 Å². The first-order valence-electron chi connectivity index (χ1n) is 1.20. The maximum Gasteiger partial charge on any atom is 0.0574 e. The molecule has 0 aromatic heterocycles. The minimum Gasteiger partial charge on any atom is -0.828 e. The smallest absolute Gasteiger partial charge is 0.0574 e. The molecule has 0 aliphatic heterocycles. The van der Waals surface area contributed by atoms with Crippen LogP contribution in [0.1, 0.15) is 0 Å². The number of rotatable bonds is 2. The molecule has 0 aromatic carbocycles. The van der Waals surface area contributed by atoms with Gasteiger partial charge in [-0.25, -0.2) is 13.8 Å². The molecule has 0 saturated heterocycles. The fraction of sp³-hybridized carbons (Fsp3) is 1.00. The molecule has 6 heavy (non-hydrogen) atoms. The van der Waals surface area contributed by atoms with E-state index in [9.17, 15) is 9.79 Å². The maximum absolute atomic E-state index is 9.40. The minimum absolute atomic E-state index is 1.23. The Morgan fingerprint density at radius 3 is 2.17 bits per heavy atom. The van der Waals surface area contributed by atoms with Gasteiger partial charge in [-0.2, -0.15) is 0 Å². The molecule has 0 spiro atoms. The monoisotopic (exact) mass is 109 g/mol. The molecule has 0 saturated carbocycles. The van der Waals surface area contributed by atoms with Gasteiger partial charge in [0, 0.05) is 0 Å². The molecule has 38 valence electrons. The normalized spacial score (nSPS) is 10.0. The van der Waals surface area contributed by atoms with Crippen molar-refractivity contribution in [2.75, 3.05) is 7.11 Å². The van der Waals surface area contributed by atoms with E-state index in [0.29, 0.717) is 0 Å². The van der Waals surface area contributed by atoms with Crippen LogP contribution in [0.25, 0.3) is 0 Å². The Hall–Kier alpha value is 0.270. The van der Waals surface area contributed by atoms with Crippen molar-refractivity contribution in [2.24, 2.45) is 0 Å². The van der Waals surface area contributed by atoms with Crippen molar-refractivity contribution in [2.45, 2.75) is 0 Å². The zero-order chi connectivity index (χ0) is 4.99. The molecule has 0 aliphatic rings. The Kier molecular flexibility index (Phi) is 3.62. The van der Waals surface area contributed by atoms with Crippen molar-refractivity contribution >= 4 is 8.53 Å². The van der Waals surface area contributed by atoms with Crippen molar-refractivity contribution in [3.8, 4) is 0 Å². The van der Waals surface area contributed by atoms with E-state index in [0.717, 1.165) is 0 Å². The van der Waals surface area contributed by atoms with E-state index in [-0.39, 0.29) is 0 Å². The fourth-order valence-electron chi connectivity index (χ4n) is 0.0745. The lowest BCUT2D eigenvalue weighted by molar-refractivity contribution is -0.303. The highest BCUT2D eigenvalue weighted by molar-refractivity contribution is 7.39. The summed E-state index contributed by atoms with van der Waals surface area (Å²) in [6.45, 7) is 0. The van der Waals surface area contributed by atoms with Crippen molar-refractivity contribution in [3.05, 3.63) is 0 Å². The SMILES string of the molecule is CONP([O-])[O-]. The lowest BCUT2D eigenvalue weighted by atomic mass is 11.7. The quantitative estimate of drug-likeness (QED) is 0.331. The first kappa shape index (κ1) is 6.27. The average molecular weight is 109 g/mol. The molecule has 5 heteroatoms. The van der Waals surface area contributed by atoms with E-state index in [1.807, 2.05) is 0 Å². The molecule has 0 heterocycles. The van der Waals surface area contributed by atoms with Crippen LogP contribution >= 0.6 is 8.53 Å². The Bertz CT molecular complexity index is 32.0. The van der Waals surface area contributed by atoms with E-state index in [1.165, 1.54) is 7.11 Å². The van der Waals surface area contributed by atoms with Crippen LogP contribution in [0.2, 0.25) is 0 Å². The van der Waals surface area contributed by atoms with Crippen molar-refractivity contribution in [3.63, 3.8) is 0 Å². The molecule has 0 aromatic rings. The average Bonchev–Trinajstić information content (AvgIpc) is 1.35. The van der Waals surface area contributed by atoms with Gasteiger partial charge >= 0.3 is 0 Å². The lowest BCUT2D eigenvalue weighted by Gasteiger charge is -2.28. The molecule has 0 amide bonds. The highest BCUT2D eigenvalue weighted by Gasteiger charge is 1.60. The molecule has 1 N–H and O–H groups in total. The molecule has 0 radical (unpaired) electrons. The molecule has 0 bridgehead atoms. The van der Waals surface area contributed by atoms with Gasteiger partial charge in [0.1, 0.15) is 0 Å². The molecule has 0 rings (SSSR count). The molecule has 0 atom stereocenters. The molecule has 0 fully saturated rings. The predicted molar refractivity (Wildman–Crippen MR) is 17.1 cm³/mol. The largest absolute Gasteiger partial charge is 0.828 e. The summed E-state index contributed by atoms with van der Waals surface area (Å²) in [5.41, 5.74) is 0. The summed E-state index contributed by atoms with van der Waals surface area (Å²) < 4.78 is 0. The standard InChI is InChI=1S/CH4NO3P/c1-5-2-6(3)4/h2H,1H3/q-2. The Morgan fingerprint density at radius 2 is 2.17 bits per heavy atom. The third kappa shape index (κ3) is 4.27. The molecule has 0 unspecified atom stereocenters. The van der Waals surface area contributed by atoms with Crippen LogP contribution in [-0.2, 0) is 4.84 Å². The number of hydrogen-bond donors (Lipinski definition) is 1. The fourth-order valence-corrected chi connectivity index (χ4v) is 0.224. The Morgan fingerprint density at radius 1 is 1.67 bits per heavy atom. The number of hydrogen-bond acceptors (Lipinski definition) is 4. The predicted octanol–water partition coefficient (Wildman–Crippen LogP) is -1.92. The van der Waals surface area contributed by atoms with Crippen LogP contribution in [0.3, 0.4) is 0 Å². The van der Waals surface area contributed by atoms with Crippen LogP contribution < -0.4 is 15.0 Å². The summed E-state index contributed by atoms with van der Waals surface area (Å²) in [4.78, 5) is 22.8. The first-order valence-corrected chi connectivity index (χ1v) is 2.38. The van der Waals surface area contributed by atoms with E-state index < -0.39 is 8.53 Å². The zero-order valence-electron chi connectivity index (χ0n) is 3.17. The Labute approximate surface area is 36.7 Å². The van der Waals surface area contributed by atoms with Gasteiger partial charge in [0.2, 0.25) is 0 Å². The summed E-state index contributed by atoms with van der Waals surface area (Å²) in [7, 11) is -1.35. The van der Waals surface area contributed by atoms with Gasteiger partial charge in [-0.15, -0.1) is 0 Å². The summed E-state index contributed by atoms with van der Waals surface area (Å²) in [6.07, 6.45) is 0. The molecular weight excluding hydrogens is 105 g/mol. The molecule has 0 aliphatic carbocycles. The van der Waals surface area contributed by atoms with Crippen LogP contribution in [0.4, 0.5) is 0 Å². The second-order valence-electron chi connectivity index (χ2n) is 0.553. The van der Waals surface area contributed by atoms with Gasteiger partial charge in [0.05, 0.1) is 7.11 Å². The summed E-state index contributed by atoms with van der Waals surface area (Å²) in [6, 6.07) is 0. The van der Waals surface area contributed by atoms with Crippen LogP contribution in [0.5, 0.6) is 0 Å². The van der Waals surface area contributed by atoms with Crippen molar-refractivity contribution < 1.29 is 14.6 Å². The summed E-state index contributed by atoms with van der Waals surface area (Å²) in [5, 5.41) is 1.66. The van der Waals surface area contributed by atoms with E-state index in [4.69, 9.17) is 0 Å². The Balaban J connectivity index is 2.63. The summed E-state index contributed by atoms with van der Waals surface area (Å²) >= 11 is 0. The topological polar surface area (TPSA) is 67.4 Å². The highest BCUT2D eigenvalue weighted by Crippen LogP contribution is 1.98. The van der Waals surface area contributed by atoms with Crippen molar-refractivity contribution in [1.82, 2.24) is 5.25 Å². The lowest BCUT2D eigenvalue weighted by Crippen LogP contribution is -2.21. The second kappa shape index (κ2) is 3.46. The molecule has 4 nitrogen and oxygen atoms in total.